The third-order valence-electron chi connectivity index (χ3n) is 1.56. The van der Waals surface area contributed by atoms with Gasteiger partial charge in [-0.25, -0.2) is 0 Å². The quantitative estimate of drug-likeness (QED) is 0.449. The highest BCUT2D eigenvalue weighted by atomic mass is 16.7. The van der Waals surface area contributed by atoms with Crippen LogP contribution in [0, 0.1) is 11.8 Å². The average molecular weight is 206 g/mol. The second kappa shape index (κ2) is 6.82. The van der Waals surface area contributed by atoms with Gasteiger partial charge in [0.2, 0.25) is 0 Å². The minimum atomic E-state index is 0.228. The lowest BCUT2D eigenvalue weighted by Crippen LogP contribution is -2.02. The number of nitrogens with zero attached hydrogens (tertiary/aromatic N) is 1. The fraction of sp³-hybridized carbons (Fsp3) is 0.364. The van der Waals surface area contributed by atoms with Crippen molar-refractivity contribution >= 4 is 0 Å². The van der Waals surface area contributed by atoms with Crippen LogP contribution < -0.4 is 10.5 Å². The highest BCUT2D eigenvalue weighted by Gasteiger charge is 1.94. The zero-order chi connectivity index (χ0) is 10.9. The molecule has 4 nitrogen and oxygen atoms in total. The van der Waals surface area contributed by atoms with E-state index in [2.05, 4.69) is 16.8 Å². The van der Waals surface area contributed by atoms with Crippen molar-refractivity contribution in [1.29, 1.82) is 0 Å². The van der Waals surface area contributed by atoms with Gasteiger partial charge >= 0.3 is 0 Å². The van der Waals surface area contributed by atoms with Crippen molar-refractivity contribution in [2.45, 2.75) is 6.92 Å². The minimum Gasteiger partial charge on any atom is -0.466 e. The SMILES string of the molecule is CCOCOc1cncc(C#CCN)c1. The summed E-state index contributed by atoms with van der Waals surface area (Å²) in [6.45, 7) is 3.10. The van der Waals surface area contributed by atoms with E-state index < -0.39 is 0 Å². The van der Waals surface area contributed by atoms with Crippen LogP contribution in [0.2, 0.25) is 0 Å². The van der Waals surface area contributed by atoms with Gasteiger partial charge in [-0.2, -0.15) is 0 Å². The maximum absolute atomic E-state index is 5.28. The van der Waals surface area contributed by atoms with Gasteiger partial charge in [0.25, 0.3) is 0 Å². The number of hydrogen-bond donors (Lipinski definition) is 1. The number of rotatable bonds is 4. The lowest BCUT2D eigenvalue weighted by atomic mass is 10.3. The first-order chi connectivity index (χ1) is 7.36. The van der Waals surface area contributed by atoms with Crippen molar-refractivity contribution in [2.24, 2.45) is 5.73 Å². The summed E-state index contributed by atoms with van der Waals surface area (Å²) in [6, 6.07) is 1.80. The van der Waals surface area contributed by atoms with Crippen LogP contribution in [0.25, 0.3) is 0 Å². The number of ether oxygens (including phenoxy) is 2. The molecule has 0 unspecified atom stereocenters. The summed E-state index contributed by atoms with van der Waals surface area (Å²) in [7, 11) is 0. The van der Waals surface area contributed by atoms with Gasteiger partial charge in [0, 0.05) is 18.4 Å². The Morgan fingerprint density at radius 2 is 2.33 bits per heavy atom. The molecule has 1 aromatic rings. The summed E-state index contributed by atoms with van der Waals surface area (Å²) < 4.78 is 10.3. The van der Waals surface area contributed by atoms with Crippen LogP contribution >= 0.6 is 0 Å². The molecule has 15 heavy (non-hydrogen) atoms. The zero-order valence-corrected chi connectivity index (χ0v) is 8.69. The van der Waals surface area contributed by atoms with Crippen LogP contribution in [0.3, 0.4) is 0 Å². The first kappa shape index (κ1) is 11.5. The van der Waals surface area contributed by atoms with E-state index in [1.807, 2.05) is 6.92 Å². The molecule has 0 radical (unpaired) electrons. The van der Waals surface area contributed by atoms with Crippen LogP contribution in [0.15, 0.2) is 18.5 Å². The van der Waals surface area contributed by atoms with Gasteiger partial charge in [0.05, 0.1) is 12.7 Å². The van der Waals surface area contributed by atoms with Gasteiger partial charge in [-0.3, -0.25) is 4.98 Å². The number of hydrogen-bond acceptors (Lipinski definition) is 4. The second-order valence-corrected chi connectivity index (χ2v) is 2.67. The summed E-state index contributed by atoms with van der Waals surface area (Å²) in [4.78, 5) is 3.99. The summed E-state index contributed by atoms with van der Waals surface area (Å²) >= 11 is 0. The lowest BCUT2D eigenvalue weighted by Gasteiger charge is -2.04. The molecular weight excluding hydrogens is 192 g/mol. The molecule has 0 saturated heterocycles. The third kappa shape index (κ3) is 4.45. The molecule has 0 fully saturated rings. The summed E-state index contributed by atoms with van der Waals surface area (Å²) in [5, 5.41) is 0. The third-order valence-corrected chi connectivity index (χ3v) is 1.56. The Labute approximate surface area is 89.4 Å². The van der Waals surface area contributed by atoms with Crippen molar-refractivity contribution in [3.63, 3.8) is 0 Å². The molecule has 0 aromatic carbocycles. The van der Waals surface area contributed by atoms with Gasteiger partial charge in [0.1, 0.15) is 5.75 Å². The predicted molar refractivity (Wildman–Crippen MR) is 57.3 cm³/mol. The van der Waals surface area contributed by atoms with Gasteiger partial charge in [-0.05, 0) is 13.0 Å². The Bertz CT molecular complexity index is 355. The number of nitrogens with two attached hydrogens (primary N) is 1. The number of aromatic nitrogens is 1. The maximum Gasteiger partial charge on any atom is 0.189 e. The second-order valence-electron chi connectivity index (χ2n) is 2.67. The highest BCUT2D eigenvalue weighted by molar-refractivity contribution is 5.36. The van der Waals surface area contributed by atoms with Gasteiger partial charge < -0.3 is 15.2 Å². The molecule has 0 amide bonds. The molecule has 0 aliphatic rings. The van der Waals surface area contributed by atoms with Crippen LogP contribution in [0.5, 0.6) is 5.75 Å². The maximum atomic E-state index is 5.28. The van der Waals surface area contributed by atoms with Gasteiger partial charge in [0.15, 0.2) is 6.79 Å². The Balaban J connectivity index is 2.57. The van der Waals surface area contributed by atoms with Crippen LogP contribution in [-0.2, 0) is 4.74 Å². The van der Waals surface area contributed by atoms with Gasteiger partial charge in [-0.15, -0.1) is 0 Å². The fourth-order valence-corrected chi connectivity index (χ4v) is 0.912. The van der Waals surface area contributed by atoms with Gasteiger partial charge in [-0.1, -0.05) is 11.8 Å². The van der Waals surface area contributed by atoms with Crippen LogP contribution in [-0.4, -0.2) is 24.9 Å². The van der Waals surface area contributed by atoms with E-state index in [-0.39, 0.29) is 6.79 Å². The summed E-state index contributed by atoms with van der Waals surface area (Å²) in [5.41, 5.74) is 6.05. The molecule has 0 saturated carbocycles. The van der Waals surface area contributed by atoms with E-state index in [4.69, 9.17) is 15.2 Å². The first-order valence-corrected chi connectivity index (χ1v) is 4.71. The molecule has 0 atom stereocenters. The topological polar surface area (TPSA) is 57.4 Å². The van der Waals surface area contributed by atoms with Crippen molar-refractivity contribution in [3.8, 4) is 17.6 Å². The molecule has 1 rings (SSSR count). The summed E-state index contributed by atoms with van der Waals surface area (Å²) in [5.74, 6) is 6.27. The van der Waals surface area contributed by atoms with Crippen molar-refractivity contribution in [3.05, 3.63) is 24.0 Å². The van der Waals surface area contributed by atoms with Crippen molar-refractivity contribution in [1.82, 2.24) is 4.98 Å². The molecule has 0 aliphatic carbocycles. The summed E-state index contributed by atoms with van der Waals surface area (Å²) in [6.07, 6.45) is 3.28. The molecule has 1 aromatic heterocycles. The van der Waals surface area contributed by atoms with E-state index in [1.54, 1.807) is 18.5 Å². The average Bonchev–Trinajstić information content (AvgIpc) is 2.27. The van der Waals surface area contributed by atoms with E-state index in [1.165, 1.54) is 0 Å². The Kier molecular flexibility index (Phi) is 5.23. The first-order valence-electron chi connectivity index (χ1n) is 4.71. The Morgan fingerprint density at radius 1 is 1.47 bits per heavy atom. The predicted octanol–water partition coefficient (Wildman–Crippen LogP) is 0.765. The zero-order valence-electron chi connectivity index (χ0n) is 8.69. The van der Waals surface area contributed by atoms with E-state index in [9.17, 15) is 0 Å². The standard InChI is InChI=1S/C11H14N2O2/c1-2-14-9-15-11-6-10(4-3-5-12)7-13-8-11/h6-8H,2,5,9,12H2,1H3. The molecule has 2 N–H and O–H groups in total. The molecule has 4 heteroatoms. The molecular formula is C11H14N2O2. The molecule has 1 heterocycles. The highest BCUT2D eigenvalue weighted by Crippen LogP contribution is 2.09. The molecule has 0 spiro atoms. The molecule has 80 valence electrons. The molecule has 0 aliphatic heterocycles. The van der Waals surface area contributed by atoms with E-state index in [0.717, 1.165) is 5.56 Å². The van der Waals surface area contributed by atoms with E-state index >= 15 is 0 Å². The van der Waals surface area contributed by atoms with Crippen LogP contribution in [0.1, 0.15) is 12.5 Å². The Morgan fingerprint density at radius 3 is 3.07 bits per heavy atom. The van der Waals surface area contributed by atoms with Crippen LogP contribution in [0.4, 0.5) is 0 Å². The smallest absolute Gasteiger partial charge is 0.189 e. The lowest BCUT2D eigenvalue weighted by molar-refractivity contribution is 0.0222. The number of pyridine rings is 1. The normalized spacial score (nSPS) is 9.20. The van der Waals surface area contributed by atoms with Crippen molar-refractivity contribution in [2.75, 3.05) is 19.9 Å². The largest absolute Gasteiger partial charge is 0.466 e. The fourth-order valence-electron chi connectivity index (χ4n) is 0.912. The minimum absolute atomic E-state index is 0.228. The molecule has 0 bridgehead atoms. The van der Waals surface area contributed by atoms with E-state index in [0.29, 0.717) is 18.9 Å². The monoisotopic (exact) mass is 206 g/mol. The Hall–Kier alpha value is -1.57. The van der Waals surface area contributed by atoms with Crippen molar-refractivity contribution < 1.29 is 9.47 Å².